The minimum absolute atomic E-state index is 0.334. The molecule has 0 spiro atoms. The molecule has 0 aliphatic rings. The van der Waals surface area contributed by atoms with Crippen molar-refractivity contribution in [3.8, 4) is 17.5 Å². The molecular formula is C20H17ClN4O2. The van der Waals surface area contributed by atoms with Gasteiger partial charge in [0.1, 0.15) is 18.4 Å². The SMILES string of the molecule is Cc1nn(-c2ccc(C#N)c(Cl)c2)c(C)c1OCc1ccc(C(N)=O)cc1. The Labute approximate surface area is 161 Å². The summed E-state index contributed by atoms with van der Waals surface area (Å²) in [6.45, 7) is 4.10. The van der Waals surface area contributed by atoms with Crippen molar-refractivity contribution in [3.05, 3.63) is 75.6 Å². The van der Waals surface area contributed by atoms with Crippen LogP contribution in [0.3, 0.4) is 0 Å². The first-order valence-electron chi connectivity index (χ1n) is 8.18. The highest BCUT2D eigenvalue weighted by Gasteiger charge is 2.15. The van der Waals surface area contributed by atoms with Crippen LogP contribution in [0.4, 0.5) is 0 Å². The van der Waals surface area contributed by atoms with Crippen LogP contribution in [0, 0.1) is 25.2 Å². The summed E-state index contributed by atoms with van der Waals surface area (Å²) in [5, 5.41) is 13.9. The number of primary amides is 1. The van der Waals surface area contributed by atoms with E-state index >= 15 is 0 Å². The largest absolute Gasteiger partial charge is 0.485 e. The van der Waals surface area contributed by atoms with E-state index in [1.807, 2.05) is 19.9 Å². The molecule has 2 N–H and O–H groups in total. The summed E-state index contributed by atoms with van der Waals surface area (Å²) in [5.41, 5.74) is 9.34. The van der Waals surface area contributed by atoms with Gasteiger partial charge in [-0.3, -0.25) is 4.79 Å². The molecule has 27 heavy (non-hydrogen) atoms. The molecule has 3 aromatic rings. The zero-order valence-electron chi connectivity index (χ0n) is 14.9. The van der Waals surface area contributed by atoms with Gasteiger partial charge in [-0.25, -0.2) is 4.68 Å². The maximum atomic E-state index is 11.1. The van der Waals surface area contributed by atoms with Gasteiger partial charge in [0, 0.05) is 5.56 Å². The van der Waals surface area contributed by atoms with E-state index < -0.39 is 5.91 Å². The molecule has 0 fully saturated rings. The number of benzene rings is 2. The molecule has 0 aliphatic carbocycles. The smallest absolute Gasteiger partial charge is 0.248 e. The van der Waals surface area contributed by atoms with E-state index in [1.165, 1.54) is 0 Å². The standard InChI is InChI=1S/C20H17ClN4O2/c1-12-19(27-11-14-3-5-15(6-4-14)20(23)26)13(2)25(24-12)17-8-7-16(10-22)18(21)9-17/h3-9H,11H2,1-2H3,(H2,23,26). The first-order chi connectivity index (χ1) is 12.9. The second kappa shape index (κ2) is 7.52. The van der Waals surface area contributed by atoms with Crippen molar-refractivity contribution in [2.75, 3.05) is 0 Å². The van der Waals surface area contributed by atoms with Crippen molar-refractivity contribution in [1.82, 2.24) is 9.78 Å². The second-order valence-corrected chi connectivity index (χ2v) is 6.44. The number of nitrogens with two attached hydrogens (primary N) is 1. The van der Waals surface area contributed by atoms with Crippen LogP contribution in [0.1, 0.15) is 32.9 Å². The van der Waals surface area contributed by atoms with E-state index in [2.05, 4.69) is 5.10 Å². The molecule has 0 radical (unpaired) electrons. The van der Waals surface area contributed by atoms with Crippen molar-refractivity contribution in [2.24, 2.45) is 5.73 Å². The van der Waals surface area contributed by atoms with Crippen LogP contribution in [-0.2, 0) is 6.61 Å². The summed E-state index contributed by atoms with van der Waals surface area (Å²) in [6.07, 6.45) is 0. The van der Waals surface area contributed by atoms with Crippen molar-refractivity contribution in [2.45, 2.75) is 20.5 Å². The third-order valence-corrected chi connectivity index (χ3v) is 4.48. The number of aryl methyl sites for hydroxylation is 1. The Morgan fingerprint density at radius 2 is 1.96 bits per heavy atom. The number of amides is 1. The lowest BCUT2D eigenvalue weighted by Gasteiger charge is -2.08. The van der Waals surface area contributed by atoms with Crippen molar-refractivity contribution < 1.29 is 9.53 Å². The van der Waals surface area contributed by atoms with Crippen molar-refractivity contribution in [3.63, 3.8) is 0 Å². The Hall–Kier alpha value is -3.30. The third kappa shape index (κ3) is 3.78. The molecule has 0 saturated carbocycles. The van der Waals surface area contributed by atoms with E-state index in [0.29, 0.717) is 28.5 Å². The van der Waals surface area contributed by atoms with Gasteiger partial charge in [-0.1, -0.05) is 23.7 Å². The fourth-order valence-electron chi connectivity index (χ4n) is 2.74. The molecule has 7 heteroatoms. The maximum absolute atomic E-state index is 11.1. The van der Waals surface area contributed by atoms with Crippen LogP contribution in [-0.4, -0.2) is 15.7 Å². The molecule has 0 bridgehead atoms. The Bertz CT molecular complexity index is 1050. The minimum Gasteiger partial charge on any atom is -0.485 e. The van der Waals surface area contributed by atoms with E-state index in [-0.39, 0.29) is 0 Å². The summed E-state index contributed by atoms with van der Waals surface area (Å²) in [4.78, 5) is 11.1. The van der Waals surface area contributed by atoms with Gasteiger partial charge < -0.3 is 10.5 Å². The van der Waals surface area contributed by atoms with Crippen LogP contribution in [0.5, 0.6) is 5.75 Å². The van der Waals surface area contributed by atoms with Crippen LogP contribution in [0.2, 0.25) is 5.02 Å². The first kappa shape index (κ1) is 18.5. The van der Waals surface area contributed by atoms with E-state index in [1.54, 1.807) is 47.1 Å². The summed E-state index contributed by atoms with van der Waals surface area (Å²) in [5.74, 6) is 0.214. The second-order valence-electron chi connectivity index (χ2n) is 6.04. The molecule has 0 saturated heterocycles. The first-order valence-corrected chi connectivity index (χ1v) is 8.56. The number of hydrogen-bond acceptors (Lipinski definition) is 4. The molecule has 6 nitrogen and oxygen atoms in total. The zero-order chi connectivity index (χ0) is 19.6. The van der Waals surface area contributed by atoms with E-state index in [4.69, 9.17) is 27.3 Å². The molecule has 0 unspecified atom stereocenters. The average Bonchev–Trinajstić information content (AvgIpc) is 2.94. The molecule has 0 atom stereocenters. The molecule has 1 amide bonds. The zero-order valence-corrected chi connectivity index (χ0v) is 15.6. The lowest BCUT2D eigenvalue weighted by Crippen LogP contribution is -2.10. The fraction of sp³-hybridized carbons (Fsp3) is 0.150. The summed E-state index contributed by atoms with van der Waals surface area (Å²) in [6, 6.07) is 14.1. The topological polar surface area (TPSA) is 93.9 Å². The average molecular weight is 381 g/mol. The number of rotatable bonds is 5. The summed E-state index contributed by atoms with van der Waals surface area (Å²) in [7, 11) is 0. The van der Waals surface area contributed by atoms with Crippen molar-refractivity contribution in [1.29, 1.82) is 5.26 Å². The van der Waals surface area contributed by atoms with Gasteiger partial charge >= 0.3 is 0 Å². The van der Waals surface area contributed by atoms with E-state index in [9.17, 15) is 4.79 Å². The number of halogens is 1. The third-order valence-electron chi connectivity index (χ3n) is 4.16. The van der Waals surface area contributed by atoms with Gasteiger partial charge in [0.2, 0.25) is 5.91 Å². The predicted octanol–water partition coefficient (Wildman–Crippen LogP) is 3.69. The van der Waals surface area contributed by atoms with Gasteiger partial charge in [0.15, 0.2) is 5.75 Å². The molecule has 0 aliphatic heterocycles. The summed E-state index contributed by atoms with van der Waals surface area (Å²) < 4.78 is 7.68. The Morgan fingerprint density at radius 3 is 2.56 bits per heavy atom. The summed E-state index contributed by atoms with van der Waals surface area (Å²) >= 11 is 6.13. The Morgan fingerprint density at radius 1 is 1.26 bits per heavy atom. The number of carbonyl (C=O) groups excluding carboxylic acids is 1. The Balaban J connectivity index is 1.82. The monoisotopic (exact) mass is 380 g/mol. The molecule has 136 valence electrons. The minimum atomic E-state index is -0.462. The normalized spacial score (nSPS) is 10.4. The number of nitriles is 1. The fourth-order valence-corrected chi connectivity index (χ4v) is 2.95. The quantitative estimate of drug-likeness (QED) is 0.730. The molecular weight excluding hydrogens is 364 g/mol. The predicted molar refractivity (Wildman–Crippen MR) is 102 cm³/mol. The number of aromatic nitrogens is 2. The highest BCUT2D eigenvalue weighted by Crippen LogP contribution is 2.28. The van der Waals surface area contributed by atoms with Gasteiger partial charge in [0.25, 0.3) is 0 Å². The highest BCUT2D eigenvalue weighted by atomic mass is 35.5. The van der Waals surface area contributed by atoms with Crippen LogP contribution in [0.15, 0.2) is 42.5 Å². The van der Waals surface area contributed by atoms with Crippen molar-refractivity contribution >= 4 is 17.5 Å². The number of hydrogen-bond donors (Lipinski definition) is 1. The molecule has 1 aromatic heterocycles. The number of ether oxygens (including phenoxy) is 1. The van der Waals surface area contributed by atoms with Crippen LogP contribution < -0.4 is 10.5 Å². The van der Waals surface area contributed by atoms with Gasteiger partial charge in [0.05, 0.1) is 22.0 Å². The molecule has 3 rings (SSSR count). The number of nitrogens with zero attached hydrogens (tertiary/aromatic N) is 3. The highest BCUT2D eigenvalue weighted by molar-refractivity contribution is 6.31. The van der Waals surface area contributed by atoms with E-state index in [0.717, 1.165) is 22.6 Å². The lowest BCUT2D eigenvalue weighted by molar-refractivity contribution is 0.1000. The van der Waals surface area contributed by atoms with Gasteiger partial charge in [-0.15, -0.1) is 0 Å². The van der Waals surface area contributed by atoms with Gasteiger partial charge in [-0.05, 0) is 49.7 Å². The number of carbonyl (C=O) groups is 1. The molecule has 1 heterocycles. The lowest BCUT2D eigenvalue weighted by atomic mass is 10.1. The molecule has 2 aromatic carbocycles. The maximum Gasteiger partial charge on any atom is 0.248 e. The van der Waals surface area contributed by atoms with Crippen LogP contribution in [0.25, 0.3) is 5.69 Å². The van der Waals surface area contributed by atoms with Crippen LogP contribution >= 0.6 is 11.6 Å². The Kier molecular flexibility index (Phi) is 5.15. The van der Waals surface area contributed by atoms with Gasteiger partial charge in [-0.2, -0.15) is 10.4 Å².